The molecule has 1 aliphatic heterocycles. The molecule has 1 heterocycles. The van der Waals surface area contributed by atoms with Gasteiger partial charge in [-0.05, 0) is 93.9 Å². The van der Waals surface area contributed by atoms with Crippen molar-refractivity contribution in [3.05, 3.63) is 101 Å². The number of methoxy groups -OCH3 is 1. The number of benzene rings is 4. The molecule has 3 atom stereocenters. The molecular formula is C46H52N6O11. The lowest BCUT2D eigenvalue weighted by Crippen LogP contribution is -2.60. The summed E-state index contributed by atoms with van der Waals surface area (Å²) in [4.78, 5) is 84.6. The van der Waals surface area contributed by atoms with E-state index in [0.717, 1.165) is 15.7 Å². The first-order valence-corrected chi connectivity index (χ1v) is 20.2. The number of aliphatic carboxylic acids is 1. The van der Waals surface area contributed by atoms with Gasteiger partial charge in [-0.2, -0.15) is 5.26 Å². The van der Waals surface area contributed by atoms with Crippen molar-refractivity contribution in [2.75, 3.05) is 56.9 Å². The molecule has 63 heavy (non-hydrogen) atoms. The van der Waals surface area contributed by atoms with E-state index in [0.29, 0.717) is 11.3 Å². The Morgan fingerprint density at radius 3 is 2.27 bits per heavy atom. The SMILES string of the molecule is COc1ccc2ccccc2c1CN1C(=O)[C@@H](NC(=O)C(C)N(C)C(=O)OC(C)(C)C)[C@H](C)N(C(=O)c2ccc(C(=O)NCCOCCOCC(=O)O)cc2)c2cc(C#N)ccc21. The first-order chi connectivity index (χ1) is 29.9. The van der Waals surface area contributed by atoms with Crippen molar-refractivity contribution in [1.29, 1.82) is 5.26 Å². The fraction of sp³-hybridized carbons (Fsp3) is 0.370. The summed E-state index contributed by atoms with van der Waals surface area (Å²) in [5.41, 5.74) is 0.877. The molecule has 0 spiro atoms. The molecule has 0 fully saturated rings. The topological polar surface area (TPSA) is 217 Å². The maximum Gasteiger partial charge on any atom is 0.410 e. The second-order valence-electron chi connectivity index (χ2n) is 15.8. The van der Waals surface area contributed by atoms with Crippen LogP contribution in [0.5, 0.6) is 5.75 Å². The number of nitrogens with one attached hydrogen (secondary N) is 2. The highest BCUT2D eigenvalue weighted by Gasteiger charge is 2.44. The number of hydrogen-bond acceptors (Lipinski definition) is 11. The average Bonchev–Trinajstić information content (AvgIpc) is 3.33. The highest BCUT2D eigenvalue weighted by atomic mass is 16.6. The predicted octanol–water partition coefficient (Wildman–Crippen LogP) is 4.89. The van der Waals surface area contributed by atoms with Crippen LogP contribution in [0.1, 0.15) is 66.5 Å². The van der Waals surface area contributed by atoms with Crippen LogP contribution >= 0.6 is 0 Å². The molecule has 17 nitrogen and oxygen atoms in total. The molecule has 4 aromatic rings. The van der Waals surface area contributed by atoms with Gasteiger partial charge in [0.05, 0.1) is 62.5 Å². The van der Waals surface area contributed by atoms with E-state index < -0.39 is 66.0 Å². The minimum absolute atomic E-state index is 0.0654. The van der Waals surface area contributed by atoms with Gasteiger partial charge in [0.15, 0.2) is 0 Å². The van der Waals surface area contributed by atoms with E-state index >= 15 is 4.79 Å². The maximum atomic E-state index is 15.2. The molecule has 17 heteroatoms. The van der Waals surface area contributed by atoms with Gasteiger partial charge < -0.3 is 44.5 Å². The Balaban J connectivity index is 1.51. The van der Waals surface area contributed by atoms with Crippen LogP contribution in [0.4, 0.5) is 16.2 Å². The Bertz CT molecular complexity index is 2390. The van der Waals surface area contributed by atoms with Crippen molar-refractivity contribution in [2.24, 2.45) is 0 Å². The van der Waals surface area contributed by atoms with Gasteiger partial charge >= 0.3 is 12.1 Å². The van der Waals surface area contributed by atoms with Crippen LogP contribution < -0.4 is 25.2 Å². The number of carboxylic acids is 1. The average molecular weight is 865 g/mol. The van der Waals surface area contributed by atoms with Crippen molar-refractivity contribution < 1.29 is 52.8 Å². The Labute approximate surface area is 365 Å². The second-order valence-corrected chi connectivity index (χ2v) is 15.8. The van der Waals surface area contributed by atoms with Gasteiger partial charge in [-0.1, -0.05) is 30.3 Å². The molecule has 1 aliphatic rings. The van der Waals surface area contributed by atoms with Crippen molar-refractivity contribution in [3.63, 3.8) is 0 Å². The summed E-state index contributed by atoms with van der Waals surface area (Å²) in [5, 5.41) is 26.0. The third kappa shape index (κ3) is 11.5. The number of carbonyl (C=O) groups excluding carboxylic acids is 5. The zero-order chi connectivity index (χ0) is 46.0. The zero-order valence-electron chi connectivity index (χ0n) is 36.3. The number of carbonyl (C=O) groups is 6. The van der Waals surface area contributed by atoms with Crippen molar-refractivity contribution in [2.45, 2.75) is 64.9 Å². The number of amides is 5. The highest BCUT2D eigenvalue weighted by molar-refractivity contribution is 6.14. The minimum Gasteiger partial charge on any atom is -0.496 e. The summed E-state index contributed by atoms with van der Waals surface area (Å²) < 4.78 is 21.6. The molecule has 0 bridgehead atoms. The summed E-state index contributed by atoms with van der Waals surface area (Å²) in [6.07, 6.45) is -0.756. The molecule has 0 saturated heterocycles. The van der Waals surface area contributed by atoms with Crippen molar-refractivity contribution in [3.8, 4) is 11.8 Å². The summed E-state index contributed by atoms with van der Waals surface area (Å²) in [5.74, 6) is -2.91. The largest absolute Gasteiger partial charge is 0.496 e. The zero-order valence-corrected chi connectivity index (χ0v) is 36.3. The number of rotatable bonds is 16. The number of carboxylic acid groups (broad SMARTS) is 1. The molecule has 5 rings (SSSR count). The molecule has 5 amide bonds. The molecular weight excluding hydrogens is 813 g/mol. The maximum absolute atomic E-state index is 15.2. The van der Waals surface area contributed by atoms with Gasteiger partial charge in [-0.3, -0.25) is 24.1 Å². The molecule has 3 N–H and O–H groups in total. The number of ether oxygens (including phenoxy) is 4. The molecule has 0 radical (unpaired) electrons. The van der Waals surface area contributed by atoms with Crippen LogP contribution in [0, 0.1) is 11.3 Å². The van der Waals surface area contributed by atoms with Gasteiger partial charge in [0, 0.05) is 30.3 Å². The van der Waals surface area contributed by atoms with E-state index in [1.54, 1.807) is 39.8 Å². The summed E-state index contributed by atoms with van der Waals surface area (Å²) >= 11 is 0. The van der Waals surface area contributed by atoms with E-state index in [-0.39, 0.29) is 61.0 Å². The lowest BCUT2D eigenvalue weighted by atomic mass is 10.0. The summed E-state index contributed by atoms with van der Waals surface area (Å²) in [6, 6.07) is 20.3. The predicted molar refractivity (Wildman–Crippen MR) is 233 cm³/mol. The molecule has 0 saturated carbocycles. The Kier molecular flexibility index (Phi) is 15.4. The van der Waals surface area contributed by atoms with Crippen molar-refractivity contribution >= 4 is 57.8 Å². The van der Waals surface area contributed by atoms with E-state index in [9.17, 15) is 29.2 Å². The van der Waals surface area contributed by atoms with Crippen LogP contribution in [0.25, 0.3) is 10.8 Å². The Morgan fingerprint density at radius 2 is 1.60 bits per heavy atom. The van der Waals surface area contributed by atoms with Crippen LogP contribution in [0.15, 0.2) is 78.9 Å². The van der Waals surface area contributed by atoms with E-state index in [2.05, 4.69) is 16.7 Å². The lowest BCUT2D eigenvalue weighted by molar-refractivity contribution is -0.142. The summed E-state index contributed by atoms with van der Waals surface area (Å²) in [6.45, 7) is 8.20. The van der Waals surface area contributed by atoms with Gasteiger partial charge in [0.1, 0.15) is 30.0 Å². The molecule has 4 aromatic carbocycles. The normalized spacial score (nSPS) is 15.4. The van der Waals surface area contributed by atoms with Crippen LogP contribution in [0.3, 0.4) is 0 Å². The van der Waals surface area contributed by atoms with Crippen LogP contribution in [-0.4, -0.2) is 117 Å². The number of nitrogens with zero attached hydrogens (tertiary/aromatic N) is 4. The first kappa shape index (κ1) is 47.0. The smallest absolute Gasteiger partial charge is 0.410 e. The highest BCUT2D eigenvalue weighted by Crippen LogP contribution is 2.40. The lowest BCUT2D eigenvalue weighted by Gasteiger charge is -2.34. The number of fused-ring (bicyclic) bond motifs is 2. The standard InChI is InChI=1S/C46H52N6O11/c1-28-40(49-41(55)29(2)50(6)45(59)63-46(3,4)5)44(58)51(26-35-34-11-9-8-10-31(34)17-19-38(35)60-7)36-18-12-30(25-47)24-37(36)52(28)43(57)33-15-13-32(14-16-33)42(56)48-20-21-61-22-23-62-27-39(53)54/h8-19,24,28-29,40H,20-23,26-27H2,1-7H3,(H,48,56)(H,49,55)(H,53,54)/t28-,29?,40-/m0/s1. The molecule has 1 unspecified atom stereocenters. The van der Waals surface area contributed by atoms with Gasteiger partial charge in [-0.15, -0.1) is 0 Å². The fourth-order valence-corrected chi connectivity index (χ4v) is 6.91. The van der Waals surface area contributed by atoms with Crippen LogP contribution in [-0.2, 0) is 35.1 Å². The molecule has 0 aromatic heterocycles. The van der Waals surface area contributed by atoms with E-state index in [1.165, 1.54) is 67.3 Å². The van der Waals surface area contributed by atoms with Crippen molar-refractivity contribution in [1.82, 2.24) is 15.5 Å². The fourth-order valence-electron chi connectivity index (χ4n) is 6.91. The second kappa shape index (κ2) is 20.7. The van der Waals surface area contributed by atoms with E-state index in [4.69, 9.17) is 24.1 Å². The third-order valence-corrected chi connectivity index (χ3v) is 10.3. The monoisotopic (exact) mass is 864 g/mol. The number of nitriles is 1. The quantitative estimate of drug-likeness (QED) is 0.128. The first-order valence-electron chi connectivity index (χ1n) is 20.2. The Morgan fingerprint density at radius 1 is 0.921 bits per heavy atom. The number of hydrogen-bond donors (Lipinski definition) is 3. The third-order valence-electron chi connectivity index (χ3n) is 10.3. The van der Waals surface area contributed by atoms with E-state index in [1.807, 2.05) is 30.3 Å². The summed E-state index contributed by atoms with van der Waals surface area (Å²) in [7, 11) is 2.93. The van der Waals surface area contributed by atoms with Gasteiger partial charge in [0.2, 0.25) is 5.91 Å². The molecule has 332 valence electrons. The Hall–Kier alpha value is -7.03. The van der Waals surface area contributed by atoms with Gasteiger partial charge in [-0.25, -0.2) is 9.59 Å². The van der Waals surface area contributed by atoms with Gasteiger partial charge in [0.25, 0.3) is 17.7 Å². The van der Waals surface area contributed by atoms with Crippen LogP contribution in [0.2, 0.25) is 0 Å². The molecule has 0 aliphatic carbocycles. The number of likely N-dealkylation sites (N-methyl/N-ethyl adjacent to an activating group) is 1. The number of anilines is 2. The minimum atomic E-state index is -1.40.